The van der Waals surface area contributed by atoms with E-state index in [1.807, 2.05) is 24.9 Å². The number of benzene rings is 1. The Kier molecular flexibility index (Phi) is 11.3. The second-order valence-corrected chi connectivity index (χ2v) is 7.62. The van der Waals surface area contributed by atoms with Crippen LogP contribution in [0.5, 0.6) is 0 Å². The van der Waals surface area contributed by atoms with Crippen LogP contribution < -0.4 is 5.32 Å². The summed E-state index contributed by atoms with van der Waals surface area (Å²) in [5.41, 5.74) is 3.68. The molecular weight excluding hydrogens is 505 g/mol. The Hall–Kier alpha value is -1.65. The fraction of sp³-hybridized carbons (Fsp3) is 0.565. The van der Waals surface area contributed by atoms with Crippen LogP contribution in [0, 0.1) is 0 Å². The van der Waals surface area contributed by atoms with E-state index in [0.717, 1.165) is 38.6 Å². The zero-order valence-corrected chi connectivity index (χ0v) is 21.2. The first kappa shape index (κ1) is 25.6. The summed E-state index contributed by atoms with van der Waals surface area (Å²) in [4.78, 5) is 7.27. The van der Waals surface area contributed by atoms with E-state index in [-0.39, 0.29) is 24.0 Å². The van der Waals surface area contributed by atoms with Crippen LogP contribution >= 0.6 is 24.0 Å². The van der Waals surface area contributed by atoms with Crippen LogP contribution in [0.2, 0.25) is 0 Å². The quantitative estimate of drug-likeness (QED) is 0.216. The fourth-order valence-electron chi connectivity index (χ4n) is 3.74. The number of aryl methyl sites for hydroxylation is 1. The monoisotopic (exact) mass is 541 g/mol. The van der Waals surface area contributed by atoms with Gasteiger partial charge in [0.15, 0.2) is 5.96 Å². The molecule has 1 aliphatic rings. The van der Waals surface area contributed by atoms with E-state index in [1.54, 1.807) is 0 Å². The van der Waals surface area contributed by atoms with Gasteiger partial charge in [-0.15, -0.1) is 24.0 Å². The molecule has 0 aliphatic carbocycles. The summed E-state index contributed by atoms with van der Waals surface area (Å²) in [6.45, 7) is 10.2. The molecule has 1 N–H and O–H groups in total. The van der Waals surface area contributed by atoms with Gasteiger partial charge in [0, 0.05) is 45.4 Å². The number of nitrogens with one attached hydrogen (secondary N) is 1. The summed E-state index contributed by atoms with van der Waals surface area (Å²) in [6.07, 6.45) is 5.24. The molecule has 0 bridgehead atoms. The number of likely N-dealkylation sites (tertiary alicyclic amines) is 1. The highest BCUT2D eigenvalue weighted by molar-refractivity contribution is 14.0. The highest BCUT2D eigenvalue weighted by Crippen LogP contribution is 2.26. The van der Waals surface area contributed by atoms with Crippen molar-refractivity contribution in [1.29, 1.82) is 0 Å². The molecule has 1 aromatic heterocycles. The lowest BCUT2D eigenvalue weighted by molar-refractivity contribution is 0.0453. The number of hydrogen-bond acceptors (Lipinski definition) is 4. The van der Waals surface area contributed by atoms with E-state index in [1.165, 1.54) is 16.7 Å². The van der Waals surface area contributed by atoms with E-state index in [2.05, 4.69) is 52.7 Å². The minimum atomic E-state index is 0. The first-order valence-electron chi connectivity index (χ1n) is 10.9. The van der Waals surface area contributed by atoms with E-state index in [4.69, 9.17) is 14.5 Å². The second-order valence-electron chi connectivity index (χ2n) is 7.62. The molecule has 2 aromatic rings. The van der Waals surface area contributed by atoms with Crippen molar-refractivity contribution in [3.8, 4) is 0 Å². The highest BCUT2D eigenvalue weighted by Gasteiger charge is 2.26. The van der Waals surface area contributed by atoms with Gasteiger partial charge in [-0.1, -0.05) is 24.3 Å². The normalized spacial score (nSPS) is 16.4. The van der Waals surface area contributed by atoms with Gasteiger partial charge in [-0.05, 0) is 37.0 Å². The number of ether oxygens (including phenoxy) is 2. The van der Waals surface area contributed by atoms with Crippen molar-refractivity contribution < 1.29 is 9.47 Å². The van der Waals surface area contributed by atoms with Crippen molar-refractivity contribution in [3.63, 3.8) is 0 Å². The molecule has 2 heterocycles. The number of aliphatic imine (C=N–C) groups is 1. The molecule has 1 unspecified atom stereocenters. The van der Waals surface area contributed by atoms with Crippen LogP contribution in [0.1, 0.15) is 42.9 Å². The summed E-state index contributed by atoms with van der Waals surface area (Å²) >= 11 is 0. The molecule has 7 nitrogen and oxygen atoms in total. The van der Waals surface area contributed by atoms with Gasteiger partial charge < -0.3 is 19.7 Å². The van der Waals surface area contributed by atoms with Gasteiger partial charge in [0.05, 0.1) is 32.6 Å². The van der Waals surface area contributed by atoms with Crippen molar-refractivity contribution in [2.24, 2.45) is 12.0 Å². The standard InChI is InChI=1S/C23H35N5O2.HI/c1-4-24-23(28-10-9-21(17-28)22-15-26-27(3)16-22)25-14-19-7-6-8-20(13-19)18-30-12-11-29-5-2;/h6-8,13,15-16,21H,4-5,9-12,14,17-18H2,1-3H3,(H,24,25);1H. The molecule has 8 heteroatoms. The van der Waals surface area contributed by atoms with E-state index in [0.29, 0.717) is 32.3 Å². The number of halogens is 1. The van der Waals surface area contributed by atoms with Crippen LogP contribution in [0.4, 0.5) is 0 Å². The smallest absolute Gasteiger partial charge is 0.194 e. The maximum absolute atomic E-state index is 5.69. The van der Waals surface area contributed by atoms with E-state index >= 15 is 0 Å². The summed E-state index contributed by atoms with van der Waals surface area (Å²) in [5.74, 6) is 1.50. The zero-order valence-electron chi connectivity index (χ0n) is 18.9. The number of rotatable bonds is 10. The Morgan fingerprint density at radius 1 is 1.23 bits per heavy atom. The number of aromatic nitrogens is 2. The molecule has 1 aromatic carbocycles. The van der Waals surface area contributed by atoms with E-state index < -0.39 is 0 Å². The van der Waals surface area contributed by atoms with Crippen LogP contribution in [0.25, 0.3) is 0 Å². The third-order valence-corrected chi connectivity index (χ3v) is 5.27. The van der Waals surface area contributed by atoms with Gasteiger partial charge >= 0.3 is 0 Å². The average Bonchev–Trinajstić information content (AvgIpc) is 3.40. The molecule has 172 valence electrons. The maximum atomic E-state index is 5.69. The molecule has 0 radical (unpaired) electrons. The summed E-state index contributed by atoms with van der Waals surface area (Å²) < 4.78 is 12.9. The Morgan fingerprint density at radius 3 is 2.77 bits per heavy atom. The lowest BCUT2D eigenvalue weighted by Crippen LogP contribution is -2.40. The van der Waals surface area contributed by atoms with Crippen molar-refractivity contribution >= 4 is 29.9 Å². The van der Waals surface area contributed by atoms with Gasteiger partial charge in [-0.2, -0.15) is 5.10 Å². The third kappa shape index (κ3) is 8.08. The average molecular weight is 541 g/mol. The molecular formula is C23H36IN5O2. The van der Waals surface area contributed by atoms with Crippen molar-refractivity contribution in [1.82, 2.24) is 20.0 Å². The Bertz CT molecular complexity index is 811. The molecule has 1 atom stereocenters. The third-order valence-electron chi connectivity index (χ3n) is 5.27. The SMILES string of the molecule is CCNC(=NCc1cccc(COCCOCC)c1)N1CCC(c2cnn(C)c2)C1.I. The molecule has 31 heavy (non-hydrogen) atoms. The molecule has 1 fully saturated rings. The molecule has 1 saturated heterocycles. The van der Waals surface area contributed by atoms with Gasteiger partial charge in [-0.25, -0.2) is 4.99 Å². The van der Waals surface area contributed by atoms with Crippen LogP contribution in [-0.4, -0.2) is 60.1 Å². The molecule has 0 spiro atoms. The number of guanidine groups is 1. The Balaban J connectivity index is 0.00000341. The van der Waals surface area contributed by atoms with Crippen LogP contribution in [0.3, 0.4) is 0 Å². The summed E-state index contributed by atoms with van der Waals surface area (Å²) in [5, 5.41) is 7.78. The summed E-state index contributed by atoms with van der Waals surface area (Å²) in [7, 11) is 1.97. The van der Waals surface area contributed by atoms with Gasteiger partial charge in [-0.3, -0.25) is 4.68 Å². The predicted octanol–water partition coefficient (Wildman–Crippen LogP) is 3.55. The van der Waals surface area contributed by atoms with Crippen molar-refractivity contribution in [2.45, 2.75) is 39.3 Å². The van der Waals surface area contributed by atoms with Gasteiger partial charge in [0.2, 0.25) is 0 Å². The Morgan fingerprint density at radius 2 is 2.03 bits per heavy atom. The number of hydrogen-bond donors (Lipinski definition) is 1. The lowest BCUT2D eigenvalue weighted by Gasteiger charge is -2.21. The van der Waals surface area contributed by atoms with E-state index in [9.17, 15) is 0 Å². The number of nitrogens with zero attached hydrogens (tertiary/aromatic N) is 4. The molecule has 1 aliphatic heterocycles. The van der Waals surface area contributed by atoms with Crippen LogP contribution in [-0.2, 0) is 29.7 Å². The highest BCUT2D eigenvalue weighted by atomic mass is 127. The van der Waals surface area contributed by atoms with Gasteiger partial charge in [0.25, 0.3) is 0 Å². The molecule has 3 rings (SSSR count). The maximum Gasteiger partial charge on any atom is 0.194 e. The first-order chi connectivity index (χ1) is 14.7. The van der Waals surface area contributed by atoms with Crippen molar-refractivity contribution in [2.75, 3.05) is 39.5 Å². The minimum Gasteiger partial charge on any atom is -0.379 e. The Labute approximate surface area is 203 Å². The fourth-order valence-corrected chi connectivity index (χ4v) is 3.74. The lowest BCUT2D eigenvalue weighted by atomic mass is 10.0. The second kappa shape index (κ2) is 13.7. The van der Waals surface area contributed by atoms with Crippen molar-refractivity contribution in [3.05, 3.63) is 53.3 Å². The predicted molar refractivity (Wildman–Crippen MR) is 135 cm³/mol. The molecule has 0 saturated carbocycles. The van der Waals surface area contributed by atoms with Crippen LogP contribution in [0.15, 0.2) is 41.7 Å². The topological polar surface area (TPSA) is 63.9 Å². The summed E-state index contributed by atoms with van der Waals surface area (Å²) in [6, 6.07) is 8.47. The minimum absolute atomic E-state index is 0. The van der Waals surface area contributed by atoms with Gasteiger partial charge in [0.1, 0.15) is 0 Å². The first-order valence-corrected chi connectivity index (χ1v) is 10.9. The largest absolute Gasteiger partial charge is 0.379 e. The molecule has 0 amide bonds. The zero-order chi connectivity index (χ0) is 21.2.